The first kappa shape index (κ1) is 82.3. The van der Waals surface area contributed by atoms with Crippen LogP contribution < -0.4 is 42.6 Å². The number of nitrogens with two attached hydrogens (primary N) is 3. The van der Waals surface area contributed by atoms with Crippen LogP contribution in [0.5, 0.6) is 11.5 Å². The molecule has 16 heteroatoms. The second kappa shape index (κ2) is 65.0. The Balaban J connectivity index is -0.00000327. The number of rotatable bonds is 53. The number of carbonyl (C=O) groups is 2. The molecule has 1 aromatic carbocycles. The van der Waals surface area contributed by atoms with Crippen molar-refractivity contribution in [2.45, 2.75) is 232 Å². The molecule has 1 atom stereocenters. The number of unbranched alkanes of at least 4 members (excludes halogenated alkanes) is 24. The largest absolute Gasteiger partial charge is 0.490 e. The minimum Gasteiger partial charge on any atom is -0.490 e. The Kier molecular flexibility index (Phi) is 71.4. The van der Waals surface area contributed by atoms with Gasteiger partial charge in [0.15, 0.2) is 11.5 Å². The Morgan fingerprint density at radius 2 is 0.880 bits per heavy atom. The zero-order chi connectivity index (χ0) is 50.6. The maximum absolute atomic E-state index is 13.4. The molecule has 0 bridgehead atoms. The third kappa shape index (κ3) is 51.7. The SMILES string of the molecule is CCCCCCCC/C=C/CCCCCCCCOc1ccc(C(=O)NCCNC(=O)[C@H](CCCN(CCCN)CCCN)NCCCN)cc1OCCCCCCCC/C=C/CCCCCCCC.Cl.Cl.Cl.Cl.Cl. The molecule has 0 saturated carbocycles. The van der Waals surface area contributed by atoms with E-state index in [1.54, 1.807) is 0 Å². The van der Waals surface area contributed by atoms with Crippen LogP contribution in [0.4, 0.5) is 0 Å². The summed E-state index contributed by atoms with van der Waals surface area (Å²) in [6, 6.07) is 5.17. The average molecular weight is 1160 g/mol. The van der Waals surface area contributed by atoms with E-state index in [2.05, 4.69) is 59.0 Å². The number of ether oxygens (including phenoxy) is 2. The lowest BCUT2D eigenvalue weighted by atomic mass is 10.1. The summed E-state index contributed by atoms with van der Waals surface area (Å²) in [5.74, 6) is 1.04. The van der Waals surface area contributed by atoms with Crippen molar-refractivity contribution in [3.8, 4) is 11.5 Å². The van der Waals surface area contributed by atoms with Crippen LogP contribution in [-0.4, -0.2) is 94.9 Å². The third-order valence-electron chi connectivity index (χ3n) is 13.2. The van der Waals surface area contributed by atoms with E-state index in [0.717, 1.165) is 71.0 Å². The van der Waals surface area contributed by atoms with Gasteiger partial charge in [-0.25, -0.2) is 0 Å². The highest BCUT2D eigenvalue weighted by molar-refractivity contribution is 5.95. The van der Waals surface area contributed by atoms with Gasteiger partial charge < -0.3 is 47.5 Å². The van der Waals surface area contributed by atoms with Crippen molar-refractivity contribution in [1.29, 1.82) is 0 Å². The molecule has 0 fully saturated rings. The number of benzene rings is 1. The third-order valence-corrected chi connectivity index (χ3v) is 13.2. The first-order chi connectivity index (χ1) is 34.5. The summed E-state index contributed by atoms with van der Waals surface area (Å²) in [6.45, 7) is 11.7. The summed E-state index contributed by atoms with van der Waals surface area (Å²) in [7, 11) is 0. The quantitative estimate of drug-likeness (QED) is 0.0275. The Morgan fingerprint density at radius 1 is 0.480 bits per heavy atom. The molecule has 0 aliphatic carbocycles. The van der Waals surface area contributed by atoms with E-state index in [-0.39, 0.29) is 79.9 Å². The molecule has 0 heterocycles. The summed E-state index contributed by atoms with van der Waals surface area (Å²) >= 11 is 0. The highest BCUT2D eigenvalue weighted by atomic mass is 35.5. The number of allylic oxidation sites excluding steroid dienone is 4. The summed E-state index contributed by atoms with van der Waals surface area (Å²) in [4.78, 5) is 29.1. The fourth-order valence-electron chi connectivity index (χ4n) is 8.72. The molecular formula is C59H116Cl5N7O4. The van der Waals surface area contributed by atoms with Crippen molar-refractivity contribution in [2.75, 3.05) is 72.1 Å². The average Bonchev–Trinajstić information content (AvgIpc) is 3.37. The highest BCUT2D eigenvalue weighted by Gasteiger charge is 2.18. The lowest BCUT2D eigenvalue weighted by Gasteiger charge is -2.24. The van der Waals surface area contributed by atoms with Crippen LogP contribution in [0.2, 0.25) is 0 Å². The Hall–Kier alpha value is -1.51. The summed E-state index contributed by atoms with van der Waals surface area (Å²) < 4.78 is 12.6. The van der Waals surface area contributed by atoms with Crippen molar-refractivity contribution >= 4 is 73.8 Å². The van der Waals surface area contributed by atoms with Gasteiger partial charge in [0, 0.05) is 18.7 Å². The van der Waals surface area contributed by atoms with Crippen molar-refractivity contribution in [3.05, 3.63) is 48.1 Å². The lowest BCUT2D eigenvalue weighted by Crippen LogP contribution is -2.47. The van der Waals surface area contributed by atoms with Gasteiger partial charge in [0.1, 0.15) is 0 Å². The van der Waals surface area contributed by atoms with Gasteiger partial charge in [-0.05, 0) is 160 Å². The predicted molar refractivity (Wildman–Crippen MR) is 336 cm³/mol. The number of hydrogen-bond donors (Lipinski definition) is 6. The molecule has 0 aliphatic heterocycles. The number of carbonyl (C=O) groups excluding carboxylic acids is 2. The number of nitrogens with zero attached hydrogens (tertiary/aromatic N) is 1. The maximum atomic E-state index is 13.4. The van der Waals surface area contributed by atoms with Gasteiger partial charge in [0.25, 0.3) is 5.91 Å². The molecule has 11 nitrogen and oxygen atoms in total. The predicted octanol–water partition coefficient (Wildman–Crippen LogP) is 14.6. The van der Waals surface area contributed by atoms with Crippen LogP contribution in [0.15, 0.2) is 42.5 Å². The second-order valence-electron chi connectivity index (χ2n) is 19.7. The van der Waals surface area contributed by atoms with Gasteiger partial charge in [-0.15, -0.1) is 62.0 Å². The highest BCUT2D eigenvalue weighted by Crippen LogP contribution is 2.29. The topological polar surface area (TPSA) is 170 Å². The molecule has 0 aromatic heterocycles. The monoisotopic (exact) mass is 1160 g/mol. The van der Waals surface area contributed by atoms with Crippen LogP contribution in [-0.2, 0) is 4.79 Å². The van der Waals surface area contributed by atoms with E-state index < -0.39 is 0 Å². The van der Waals surface area contributed by atoms with Crippen LogP contribution in [0.3, 0.4) is 0 Å². The molecule has 0 spiro atoms. The van der Waals surface area contributed by atoms with E-state index in [9.17, 15) is 9.59 Å². The molecule has 0 radical (unpaired) electrons. The standard InChI is InChI=1S/C59H111N7O4.5ClH/c1-3-5-7-9-11-13-15-17-19-21-23-25-27-29-31-33-51-69-56-41-40-54(53-57(56)70-52-34-32-30-28-26-24-22-20-18-16-14-12-10-8-6-4-2)58(67)64-46-47-65-59(68)55(63-45-36-42-60)39-35-48-66(49-37-43-61)50-38-44-62;;;;;/h17-20,40-41,53,55,63H,3-16,21-39,42-52,60-62H2,1-2H3,(H,64,67)(H,65,68);5*1H/b19-17+,20-18+;;;;;/t55-;;;;;/m0...../s1. The molecule has 1 rings (SSSR count). The van der Waals surface area contributed by atoms with Gasteiger partial charge in [-0.1, -0.05) is 154 Å². The molecule has 2 amide bonds. The first-order valence-corrected chi connectivity index (χ1v) is 29.3. The summed E-state index contributed by atoms with van der Waals surface area (Å²) in [5, 5.41) is 9.43. The molecule has 446 valence electrons. The van der Waals surface area contributed by atoms with Gasteiger partial charge in [-0.3, -0.25) is 9.59 Å². The van der Waals surface area contributed by atoms with Crippen molar-refractivity contribution in [1.82, 2.24) is 20.9 Å². The van der Waals surface area contributed by atoms with Crippen LogP contribution in [0, 0.1) is 0 Å². The fraction of sp³-hybridized carbons (Fsp3) is 0.797. The number of amides is 2. The molecule has 9 N–H and O–H groups in total. The smallest absolute Gasteiger partial charge is 0.251 e. The number of hydrogen-bond acceptors (Lipinski definition) is 9. The minimum absolute atomic E-state index is 0. The van der Waals surface area contributed by atoms with Gasteiger partial charge in [-0.2, -0.15) is 0 Å². The van der Waals surface area contributed by atoms with Crippen molar-refractivity contribution in [3.63, 3.8) is 0 Å². The van der Waals surface area contributed by atoms with Crippen LogP contribution >= 0.6 is 62.0 Å². The number of halogens is 5. The first-order valence-electron chi connectivity index (χ1n) is 29.3. The Bertz CT molecular complexity index is 1400. The molecule has 75 heavy (non-hydrogen) atoms. The molecule has 1 aromatic rings. The zero-order valence-corrected chi connectivity index (χ0v) is 51.7. The van der Waals surface area contributed by atoms with Gasteiger partial charge in [0.2, 0.25) is 5.91 Å². The van der Waals surface area contributed by atoms with Gasteiger partial charge in [0.05, 0.1) is 19.3 Å². The van der Waals surface area contributed by atoms with E-state index in [1.807, 2.05) is 18.2 Å². The van der Waals surface area contributed by atoms with E-state index in [4.69, 9.17) is 26.7 Å². The summed E-state index contributed by atoms with van der Waals surface area (Å²) in [5.41, 5.74) is 17.8. The molecular weight excluding hydrogens is 1050 g/mol. The van der Waals surface area contributed by atoms with Crippen LogP contribution in [0.1, 0.15) is 236 Å². The van der Waals surface area contributed by atoms with Crippen molar-refractivity contribution in [2.24, 2.45) is 17.2 Å². The zero-order valence-electron chi connectivity index (χ0n) is 47.6. The lowest BCUT2D eigenvalue weighted by molar-refractivity contribution is -0.123. The second-order valence-corrected chi connectivity index (χ2v) is 19.7. The van der Waals surface area contributed by atoms with E-state index >= 15 is 0 Å². The van der Waals surface area contributed by atoms with E-state index in [1.165, 1.54) is 154 Å². The molecule has 0 aliphatic rings. The molecule has 0 unspecified atom stereocenters. The normalized spacial score (nSPS) is 11.3. The number of nitrogens with one attached hydrogen (secondary N) is 3. The van der Waals surface area contributed by atoms with Gasteiger partial charge >= 0.3 is 0 Å². The Labute approximate surface area is 491 Å². The summed E-state index contributed by atoms with van der Waals surface area (Å²) in [6.07, 6.45) is 49.3. The minimum atomic E-state index is -0.330. The maximum Gasteiger partial charge on any atom is 0.251 e. The van der Waals surface area contributed by atoms with E-state index in [0.29, 0.717) is 76.0 Å². The fourth-order valence-corrected chi connectivity index (χ4v) is 8.72. The molecule has 0 saturated heterocycles. The van der Waals surface area contributed by atoms with Crippen molar-refractivity contribution < 1.29 is 19.1 Å². The Morgan fingerprint density at radius 3 is 1.33 bits per heavy atom. The van der Waals surface area contributed by atoms with Crippen LogP contribution in [0.25, 0.3) is 0 Å².